The van der Waals surface area contributed by atoms with Crippen molar-refractivity contribution in [3.05, 3.63) is 84.8 Å². The molecule has 0 radical (unpaired) electrons. The van der Waals surface area contributed by atoms with Crippen molar-refractivity contribution < 1.29 is 4.79 Å². The van der Waals surface area contributed by atoms with Crippen LogP contribution in [-0.4, -0.2) is 55.8 Å². The molecule has 0 bridgehead atoms. The van der Waals surface area contributed by atoms with Gasteiger partial charge in [0.1, 0.15) is 5.82 Å². The van der Waals surface area contributed by atoms with Crippen molar-refractivity contribution in [3.8, 4) is 0 Å². The van der Waals surface area contributed by atoms with Crippen LogP contribution in [0.3, 0.4) is 0 Å². The zero-order valence-corrected chi connectivity index (χ0v) is 24.0. The maximum atomic E-state index is 12.3. The minimum atomic E-state index is -0.110. The second kappa shape index (κ2) is 12.9. The van der Waals surface area contributed by atoms with E-state index in [2.05, 4.69) is 76.8 Å². The fourth-order valence-corrected chi connectivity index (χ4v) is 4.85. The van der Waals surface area contributed by atoms with Gasteiger partial charge in [-0.15, -0.1) is 0 Å². The normalized spacial score (nSPS) is 18.2. The molecule has 8 heteroatoms. The number of carbonyl (C=O) groups excluding carboxylic acids is 1. The van der Waals surface area contributed by atoms with E-state index in [1.165, 1.54) is 11.4 Å². The number of nitrogens with two attached hydrogens (primary N) is 1. The van der Waals surface area contributed by atoms with E-state index in [0.29, 0.717) is 11.5 Å². The lowest BCUT2D eigenvalue weighted by Gasteiger charge is -2.41. The quantitative estimate of drug-likeness (QED) is 0.333. The minimum Gasteiger partial charge on any atom is -0.398 e. The molecule has 2 saturated heterocycles. The molecule has 0 aromatic heterocycles. The van der Waals surface area contributed by atoms with Gasteiger partial charge in [-0.25, -0.2) is 4.99 Å². The number of carbonyl (C=O) groups is 1. The molecule has 2 aromatic rings. The summed E-state index contributed by atoms with van der Waals surface area (Å²) < 4.78 is 0. The predicted octanol–water partition coefficient (Wildman–Crippen LogP) is 5.01. The smallest absolute Gasteiger partial charge is 0.241 e. The van der Waals surface area contributed by atoms with Crippen LogP contribution in [0.15, 0.2) is 84.3 Å². The number of hydrogen-bond acceptors (Lipinski definition) is 7. The first kappa shape index (κ1) is 29.0. The Morgan fingerprint density at radius 3 is 2.23 bits per heavy atom. The van der Waals surface area contributed by atoms with Gasteiger partial charge in [-0.2, -0.15) is 0 Å². The number of benzene rings is 2. The monoisotopic (exact) mass is 541 g/mol. The second-order valence-electron chi connectivity index (χ2n) is 11.4. The van der Waals surface area contributed by atoms with Crippen LogP contribution < -0.4 is 26.6 Å². The van der Waals surface area contributed by atoms with Crippen molar-refractivity contribution in [1.29, 1.82) is 0 Å². The fraction of sp³-hybridized carbons (Fsp3) is 0.375. The summed E-state index contributed by atoms with van der Waals surface area (Å²) in [6.45, 7) is 19.8. The summed E-state index contributed by atoms with van der Waals surface area (Å²) in [4.78, 5) is 21.4. The van der Waals surface area contributed by atoms with Crippen LogP contribution in [0, 0.1) is 5.41 Å². The Kier molecular flexibility index (Phi) is 9.32. The Hall–Kier alpha value is -4.04. The van der Waals surface area contributed by atoms with Crippen LogP contribution in [0.1, 0.15) is 39.2 Å². The van der Waals surface area contributed by atoms with Gasteiger partial charge in [0.25, 0.3) is 0 Å². The van der Waals surface area contributed by atoms with Gasteiger partial charge in [0, 0.05) is 66.3 Å². The predicted molar refractivity (Wildman–Crippen MR) is 168 cm³/mol. The summed E-state index contributed by atoms with van der Waals surface area (Å²) in [5.41, 5.74) is 11.8. The number of anilines is 3. The van der Waals surface area contributed by atoms with E-state index in [-0.39, 0.29) is 17.4 Å². The van der Waals surface area contributed by atoms with Crippen LogP contribution in [0.25, 0.3) is 5.70 Å². The third-order valence-electron chi connectivity index (χ3n) is 7.40. The maximum Gasteiger partial charge on any atom is 0.241 e. The lowest BCUT2D eigenvalue weighted by atomic mass is 9.91. The molecule has 2 aromatic carbocycles. The molecule has 1 amide bonds. The minimum absolute atomic E-state index is 0.00241. The fourth-order valence-electron chi connectivity index (χ4n) is 4.85. The number of nitrogens with one attached hydrogen (secondary N) is 3. The molecule has 4 rings (SSSR count). The van der Waals surface area contributed by atoms with Crippen molar-refractivity contribution in [3.63, 3.8) is 0 Å². The molecule has 1 atom stereocenters. The molecule has 2 aliphatic rings. The van der Waals surface area contributed by atoms with Crippen LogP contribution in [0.4, 0.5) is 17.1 Å². The molecular formula is C32H43N7O. The molecule has 0 saturated carbocycles. The van der Waals surface area contributed by atoms with E-state index in [4.69, 9.17) is 5.73 Å². The van der Waals surface area contributed by atoms with E-state index in [9.17, 15) is 4.79 Å². The number of aliphatic imine (C=N–C) groups is 1. The number of amides is 1. The first-order valence-corrected chi connectivity index (χ1v) is 14.0. The molecule has 2 fully saturated rings. The van der Waals surface area contributed by atoms with E-state index in [0.717, 1.165) is 62.5 Å². The van der Waals surface area contributed by atoms with Crippen LogP contribution in [-0.2, 0) is 4.79 Å². The van der Waals surface area contributed by atoms with Crippen LogP contribution in [0.2, 0.25) is 0 Å². The SMILES string of the molecule is C=C(N=C/C=C(\N)c1ccc(NC(=O)[C@H]2CCCN2)cc1)Nc1ccc(N2CCN(C(=C)C(C)(C)C)CC2)cc1. The van der Waals surface area contributed by atoms with Crippen molar-refractivity contribution >= 4 is 34.9 Å². The van der Waals surface area contributed by atoms with Gasteiger partial charge < -0.3 is 31.5 Å². The van der Waals surface area contributed by atoms with Gasteiger partial charge in [-0.05, 0) is 67.4 Å². The summed E-state index contributed by atoms with van der Waals surface area (Å²) in [5, 5.41) is 9.38. The van der Waals surface area contributed by atoms with E-state index in [1.807, 2.05) is 36.4 Å². The highest BCUT2D eigenvalue weighted by atomic mass is 16.2. The van der Waals surface area contributed by atoms with Gasteiger partial charge in [-0.3, -0.25) is 4.79 Å². The molecule has 0 unspecified atom stereocenters. The zero-order valence-electron chi connectivity index (χ0n) is 24.0. The summed E-state index contributed by atoms with van der Waals surface area (Å²) in [6.07, 6.45) is 5.27. The molecular weight excluding hydrogens is 498 g/mol. The molecule has 0 spiro atoms. The topological polar surface area (TPSA) is 98.0 Å². The second-order valence-corrected chi connectivity index (χ2v) is 11.4. The van der Waals surface area contributed by atoms with Crippen molar-refractivity contribution in [2.75, 3.05) is 48.3 Å². The molecule has 212 valence electrons. The standard InChI is InChI=1S/C32H43N7O/c1-23(32(3,4)5)38-19-21-39(22-20-38)28-14-12-26(13-15-28)36-24(2)34-18-16-29(33)25-8-10-27(11-9-25)37-31(40)30-7-6-17-35-30/h8-16,18,30,35-36H,1-2,6-7,17,19-22,33H2,3-5H3,(H,37,40)/b29-16-,34-18?/t30-/m1/s1. The third-order valence-corrected chi connectivity index (χ3v) is 7.40. The van der Waals surface area contributed by atoms with Crippen molar-refractivity contribution in [2.45, 2.75) is 39.7 Å². The Bertz CT molecular complexity index is 1240. The lowest BCUT2D eigenvalue weighted by Crippen LogP contribution is -2.47. The summed E-state index contributed by atoms with van der Waals surface area (Å²) in [7, 11) is 0. The molecule has 5 N–H and O–H groups in total. The first-order valence-electron chi connectivity index (χ1n) is 14.0. The van der Waals surface area contributed by atoms with Gasteiger partial charge >= 0.3 is 0 Å². The van der Waals surface area contributed by atoms with Crippen LogP contribution in [0.5, 0.6) is 0 Å². The Labute approximate surface area is 238 Å². The summed E-state index contributed by atoms with van der Waals surface area (Å²) >= 11 is 0. The molecule has 0 aliphatic carbocycles. The number of rotatable bonds is 9. The van der Waals surface area contributed by atoms with E-state index >= 15 is 0 Å². The maximum absolute atomic E-state index is 12.3. The number of nitrogens with zero attached hydrogens (tertiary/aromatic N) is 3. The van der Waals surface area contributed by atoms with Gasteiger partial charge in [0.05, 0.1) is 6.04 Å². The number of hydrogen-bond donors (Lipinski definition) is 4. The Balaban J connectivity index is 1.23. The highest BCUT2D eigenvalue weighted by molar-refractivity contribution is 5.95. The van der Waals surface area contributed by atoms with Crippen molar-refractivity contribution in [1.82, 2.24) is 10.2 Å². The van der Waals surface area contributed by atoms with Gasteiger partial charge in [0.2, 0.25) is 5.91 Å². The molecule has 2 heterocycles. The van der Waals surface area contributed by atoms with E-state index < -0.39 is 0 Å². The average Bonchev–Trinajstić information content (AvgIpc) is 3.48. The van der Waals surface area contributed by atoms with Crippen LogP contribution >= 0.6 is 0 Å². The summed E-state index contributed by atoms with van der Waals surface area (Å²) in [5.74, 6) is 0.521. The van der Waals surface area contributed by atoms with Gasteiger partial charge in [0.15, 0.2) is 0 Å². The Morgan fingerprint density at radius 2 is 1.62 bits per heavy atom. The number of piperazine rings is 1. The molecule has 8 nitrogen and oxygen atoms in total. The molecule has 2 aliphatic heterocycles. The average molecular weight is 542 g/mol. The highest BCUT2D eigenvalue weighted by Gasteiger charge is 2.25. The van der Waals surface area contributed by atoms with E-state index in [1.54, 1.807) is 12.3 Å². The van der Waals surface area contributed by atoms with Crippen molar-refractivity contribution in [2.24, 2.45) is 16.1 Å². The summed E-state index contributed by atoms with van der Waals surface area (Å²) in [6, 6.07) is 15.7. The number of allylic oxidation sites excluding steroid dienone is 2. The largest absolute Gasteiger partial charge is 0.398 e. The first-order chi connectivity index (χ1) is 19.1. The van der Waals surface area contributed by atoms with Gasteiger partial charge in [-0.1, -0.05) is 46.1 Å². The zero-order chi connectivity index (χ0) is 28.7. The lowest BCUT2D eigenvalue weighted by molar-refractivity contribution is -0.117. The Morgan fingerprint density at radius 1 is 1.00 bits per heavy atom. The highest BCUT2D eigenvalue weighted by Crippen LogP contribution is 2.28. The third kappa shape index (κ3) is 7.76. The molecule has 40 heavy (non-hydrogen) atoms.